The fraction of sp³-hybridized carbons (Fsp3) is 0.269. The lowest BCUT2D eigenvalue weighted by Gasteiger charge is -2.36. The first-order chi connectivity index (χ1) is 17.3. The second-order valence-corrected chi connectivity index (χ2v) is 10.1. The minimum absolute atomic E-state index is 0.133. The first-order valence-corrected chi connectivity index (χ1v) is 13.0. The minimum Gasteiger partial charge on any atom is -0.495 e. The number of para-hydroxylation sites is 2. The van der Waals surface area contributed by atoms with E-state index in [1.807, 2.05) is 31.2 Å². The minimum atomic E-state index is -3.93. The lowest BCUT2D eigenvalue weighted by molar-refractivity contribution is 0.102. The second kappa shape index (κ2) is 11.0. The number of carbonyl (C=O) groups excluding carboxylic acids is 1. The van der Waals surface area contributed by atoms with Gasteiger partial charge in [-0.05, 0) is 61.5 Å². The Morgan fingerprint density at radius 1 is 1.00 bits per heavy atom. The fourth-order valence-corrected chi connectivity index (χ4v) is 5.50. The average Bonchev–Trinajstić information content (AvgIpc) is 2.90. The third-order valence-electron chi connectivity index (χ3n) is 5.91. The van der Waals surface area contributed by atoms with Gasteiger partial charge in [0.2, 0.25) is 10.0 Å². The summed E-state index contributed by atoms with van der Waals surface area (Å²) in [6.07, 6.45) is 0. The van der Waals surface area contributed by atoms with Gasteiger partial charge < -0.3 is 19.7 Å². The number of amides is 1. The van der Waals surface area contributed by atoms with Crippen LogP contribution in [0.5, 0.6) is 11.5 Å². The molecule has 0 atom stereocenters. The maximum absolute atomic E-state index is 14.5. The number of nitrogens with zero attached hydrogens (tertiary/aromatic N) is 2. The number of halogens is 1. The highest BCUT2D eigenvalue weighted by molar-refractivity contribution is 7.89. The van der Waals surface area contributed by atoms with Crippen molar-refractivity contribution in [1.29, 1.82) is 0 Å². The van der Waals surface area contributed by atoms with Gasteiger partial charge in [0.25, 0.3) is 5.91 Å². The van der Waals surface area contributed by atoms with E-state index in [0.717, 1.165) is 23.6 Å². The van der Waals surface area contributed by atoms with E-state index < -0.39 is 21.7 Å². The molecule has 10 heteroatoms. The van der Waals surface area contributed by atoms with Gasteiger partial charge in [-0.3, -0.25) is 4.79 Å². The van der Waals surface area contributed by atoms with Crippen molar-refractivity contribution in [3.8, 4) is 11.5 Å². The normalized spacial score (nSPS) is 14.4. The van der Waals surface area contributed by atoms with Crippen molar-refractivity contribution >= 4 is 27.3 Å². The molecule has 1 aliphatic rings. The van der Waals surface area contributed by atoms with Gasteiger partial charge in [0.05, 0.1) is 29.9 Å². The van der Waals surface area contributed by atoms with Crippen LogP contribution >= 0.6 is 0 Å². The summed E-state index contributed by atoms with van der Waals surface area (Å²) in [6.45, 7) is 3.78. The smallest absolute Gasteiger partial charge is 0.258 e. The molecule has 0 unspecified atom stereocenters. The molecular weight excluding hydrogens is 485 g/mol. The number of benzene rings is 3. The topological polar surface area (TPSA) is 88.2 Å². The third kappa shape index (κ3) is 5.44. The summed E-state index contributed by atoms with van der Waals surface area (Å²) < 4.78 is 53.3. The Hall–Kier alpha value is -3.63. The highest BCUT2D eigenvalue weighted by Crippen LogP contribution is 2.29. The zero-order chi connectivity index (χ0) is 25.7. The van der Waals surface area contributed by atoms with Gasteiger partial charge in [-0.15, -0.1) is 0 Å². The lowest BCUT2D eigenvalue weighted by atomic mass is 10.2. The Morgan fingerprint density at radius 3 is 2.36 bits per heavy atom. The molecule has 1 N–H and O–H groups in total. The van der Waals surface area contributed by atoms with Crippen molar-refractivity contribution in [2.75, 3.05) is 50.1 Å². The lowest BCUT2D eigenvalue weighted by Crippen LogP contribution is -2.48. The molecule has 0 aromatic heterocycles. The molecule has 1 amide bonds. The van der Waals surface area contributed by atoms with E-state index in [4.69, 9.17) is 9.47 Å². The molecule has 190 valence electrons. The Labute approximate surface area is 210 Å². The van der Waals surface area contributed by atoms with E-state index in [0.29, 0.717) is 31.1 Å². The van der Waals surface area contributed by atoms with Gasteiger partial charge >= 0.3 is 0 Å². The van der Waals surface area contributed by atoms with Crippen LogP contribution in [0, 0.1) is 5.82 Å². The molecule has 3 aromatic carbocycles. The number of anilines is 2. The predicted molar refractivity (Wildman–Crippen MR) is 136 cm³/mol. The Kier molecular flexibility index (Phi) is 7.76. The quantitative estimate of drug-likeness (QED) is 0.490. The Balaban J connectivity index is 1.48. The SMILES string of the molecule is CCOc1ccc(NC(=O)c2cc(S(=O)(=O)N3CCN(c4ccccc4OC)CC3)ccc2F)cc1. The first-order valence-electron chi connectivity index (χ1n) is 11.6. The molecule has 1 heterocycles. The number of rotatable bonds is 8. The van der Waals surface area contributed by atoms with Crippen molar-refractivity contribution in [2.24, 2.45) is 0 Å². The molecule has 3 aromatic rings. The molecule has 1 fully saturated rings. The van der Waals surface area contributed by atoms with Crippen molar-refractivity contribution in [1.82, 2.24) is 4.31 Å². The molecule has 0 bridgehead atoms. The number of hydrogen-bond acceptors (Lipinski definition) is 6. The van der Waals surface area contributed by atoms with Gasteiger partial charge in [0, 0.05) is 31.9 Å². The van der Waals surface area contributed by atoms with Gasteiger partial charge in [0.1, 0.15) is 17.3 Å². The number of carbonyl (C=O) groups is 1. The molecule has 0 aliphatic carbocycles. The van der Waals surface area contributed by atoms with E-state index >= 15 is 0 Å². The number of nitrogens with one attached hydrogen (secondary N) is 1. The van der Waals surface area contributed by atoms with E-state index in [1.165, 1.54) is 10.4 Å². The Bertz CT molecular complexity index is 1320. The van der Waals surface area contributed by atoms with E-state index in [-0.39, 0.29) is 23.5 Å². The number of sulfonamides is 1. The van der Waals surface area contributed by atoms with E-state index in [1.54, 1.807) is 31.4 Å². The summed E-state index contributed by atoms with van der Waals surface area (Å²) in [5.41, 5.74) is 0.980. The molecule has 0 saturated carbocycles. The van der Waals surface area contributed by atoms with Crippen LogP contribution in [0.15, 0.2) is 71.6 Å². The van der Waals surface area contributed by atoms with Crippen molar-refractivity contribution in [3.63, 3.8) is 0 Å². The van der Waals surface area contributed by atoms with Crippen LogP contribution in [-0.4, -0.2) is 58.5 Å². The van der Waals surface area contributed by atoms with Gasteiger partial charge in [-0.2, -0.15) is 4.31 Å². The molecule has 1 saturated heterocycles. The molecular formula is C26H28FN3O5S. The summed E-state index contributed by atoms with van der Waals surface area (Å²) in [7, 11) is -2.33. The highest BCUT2D eigenvalue weighted by Gasteiger charge is 2.30. The third-order valence-corrected chi connectivity index (χ3v) is 7.80. The largest absolute Gasteiger partial charge is 0.495 e. The van der Waals surface area contributed by atoms with Crippen molar-refractivity contribution in [3.05, 3.63) is 78.1 Å². The van der Waals surface area contributed by atoms with Crippen LogP contribution in [0.25, 0.3) is 0 Å². The number of methoxy groups -OCH3 is 1. The van der Waals surface area contributed by atoms with Crippen molar-refractivity contribution in [2.45, 2.75) is 11.8 Å². The van der Waals surface area contributed by atoms with Crippen LogP contribution in [-0.2, 0) is 10.0 Å². The zero-order valence-electron chi connectivity index (χ0n) is 20.1. The fourth-order valence-electron chi connectivity index (χ4n) is 4.05. The van der Waals surface area contributed by atoms with Crippen molar-refractivity contribution < 1.29 is 27.1 Å². The van der Waals surface area contributed by atoms with Crippen LogP contribution in [0.1, 0.15) is 17.3 Å². The van der Waals surface area contributed by atoms with Gasteiger partial charge in [-0.25, -0.2) is 12.8 Å². The maximum atomic E-state index is 14.5. The number of ether oxygens (including phenoxy) is 2. The maximum Gasteiger partial charge on any atom is 0.258 e. The molecule has 1 aliphatic heterocycles. The standard InChI is InChI=1S/C26H28FN3O5S/c1-3-35-20-10-8-19(9-11-20)28-26(31)22-18-21(12-13-23(22)27)36(32,33)30-16-14-29(15-17-30)24-6-4-5-7-25(24)34-2/h4-13,18H,3,14-17H2,1-2H3,(H,28,31). The molecule has 36 heavy (non-hydrogen) atoms. The monoisotopic (exact) mass is 513 g/mol. The molecule has 4 rings (SSSR count). The summed E-state index contributed by atoms with van der Waals surface area (Å²) >= 11 is 0. The van der Waals surface area contributed by atoms with E-state index in [2.05, 4.69) is 10.2 Å². The first kappa shape index (κ1) is 25.5. The summed E-state index contributed by atoms with van der Waals surface area (Å²) in [5, 5.41) is 2.60. The van der Waals surface area contributed by atoms with Crippen LogP contribution in [0.3, 0.4) is 0 Å². The highest BCUT2D eigenvalue weighted by atomic mass is 32.2. The van der Waals surface area contributed by atoms with Crippen LogP contribution < -0.4 is 19.7 Å². The molecule has 8 nitrogen and oxygen atoms in total. The van der Waals surface area contributed by atoms with Gasteiger partial charge in [-0.1, -0.05) is 12.1 Å². The van der Waals surface area contributed by atoms with Crippen LogP contribution in [0.4, 0.5) is 15.8 Å². The average molecular weight is 514 g/mol. The summed E-state index contributed by atoms with van der Waals surface area (Å²) in [6, 6.07) is 17.5. The predicted octanol–water partition coefficient (Wildman–Crippen LogP) is 4.00. The molecule has 0 radical (unpaired) electrons. The Morgan fingerprint density at radius 2 is 1.69 bits per heavy atom. The number of piperazine rings is 1. The summed E-state index contributed by atoms with van der Waals surface area (Å²) in [4.78, 5) is 14.7. The van der Waals surface area contributed by atoms with Crippen LogP contribution in [0.2, 0.25) is 0 Å². The van der Waals surface area contributed by atoms with Gasteiger partial charge in [0.15, 0.2) is 0 Å². The zero-order valence-corrected chi connectivity index (χ0v) is 20.9. The van der Waals surface area contributed by atoms with E-state index in [9.17, 15) is 17.6 Å². The number of hydrogen-bond donors (Lipinski definition) is 1. The molecule has 0 spiro atoms. The summed E-state index contributed by atoms with van der Waals surface area (Å²) in [5.74, 6) is -0.191. The second-order valence-electron chi connectivity index (χ2n) is 8.12.